The number of esters is 1. The Balaban J connectivity index is 1.44. The summed E-state index contributed by atoms with van der Waals surface area (Å²) in [5, 5.41) is 2.15. The number of aromatic nitrogens is 1. The maximum absolute atomic E-state index is 12.4. The quantitative estimate of drug-likeness (QED) is 0.478. The van der Waals surface area contributed by atoms with Crippen LogP contribution in [0.25, 0.3) is 6.08 Å². The third-order valence-corrected chi connectivity index (χ3v) is 6.43. The van der Waals surface area contributed by atoms with Crippen molar-refractivity contribution in [2.24, 2.45) is 0 Å². The van der Waals surface area contributed by atoms with Gasteiger partial charge in [0.05, 0.1) is 4.91 Å². The van der Waals surface area contributed by atoms with Gasteiger partial charge in [-0.15, -0.1) is 11.3 Å². The van der Waals surface area contributed by atoms with Crippen LogP contribution in [0.3, 0.4) is 0 Å². The Bertz CT molecular complexity index is 1030. The molecule has 31 heavy (non-hydrogen) atoms. The van der Waals surface area contributed by atoms with E-state index in [-0.39, 0.29) is 13.1 Å². The molecule has 1 aliphatic heterocycles. The van der Waals surface area contributed by atoms with Crippen molar-refractivity contribution in [1.82, 2.24) is 15.2 Å². The number of pyridine rings is 1. The van der Waals surface area contributed by atoms with Gasteiger partial charge in [-0.25, -0.2) is 4.79 Å². The van der Waals surface area contributed by atoms with Gasteiger partial charge in [0.2, 0.25) is 0 Å². The lowest BCUT2D eigenvalue weighted by atomic mass is 10.2. The third kappa shape index (κ3) is 5.80. The van der Waals surface area contributed by atoms with E-state index >= 15 is 0 Å². The number of thiophene rings is 1. The zero-order chi connectivity index (χ0) is 22.4. The van der Waals surface area contributed by atoms with Gasteiger partial charge in [0.1, 0.15) is 4.88 Å². The summed E-state index contributed by atoms with van der Waals surface area (Å²) in [6, 6.07) is 5.29. The largest absolute Gasteiger partial charge is 0.451 e. The molecule has 3 heterocycles. The van der Waals surface area contributed by atoms with Gasteiger partial charge < -0.3 is 10.1 Å². The van der Waals surface area contributed by atoms with E-state index in [0.29, 0.717) is 9.78 Å². The Morgan fingerprint density at radius 3 is 2.81 bits per heavy atom. The molecule has 8 nitrogen and oxygen atoms in total. The summed E-state index contributed by atoms with van der Waals surface area (Å²) < 4.78 is 5.04. The number of imide groups is 1. The van der Waals surface area contributed by atoms with Crippen LogP contribution >= 0.6 is 23.1 Å². The summed E-state index contributed by atoms with van der Waals surface area (Å²) in [6.45, 7) is 3.60. The second kappa shape index (κ2) is 10.4. The van der Waals surface area contributed by atoms with Crippen LogP contribution in [0.4, 0.5) is 4.79 Å². The van der Waals surface area contributed by atoms with E-state index in [1.807, 2.05) is 13.8 Å². The Labute approximate surface area is 187 Å². The maximum atomic E-state index is 12.4. The van der Waals surface area contributed by atoms with Crippen molar-refractivity contribution in [2.45, 2.75) is 20.3 Å². The predicted molar refractivity (Wildman–Crippen MR) is 119 cm³/mol. The molecule has 3 amide bonds. The molecule has 0 saturated carbocycles. The van der Waals surface area contributed by atoms with Gasteiger partial charge in [-0.3, -0.25) is 24.3 Å². The number of hydrogen-bond acceptors (Lipinski definition) is 8. The summed E-state index contributed by atoms with van der Waals surface area (Å²) in [4.78, 5) is 55.4. The second-order valence-corrected chi connectivity index (χ2v) is 8.84. The molecule has 0 bridgehead atoms. The van der Waals surface area contributed by atoms with Crippen LogP contribution in [0.1, 0.15) is 32.6 Å². The molecule has 0 atom stereocenters. The fourth-order valence-corrected chi connectivity index (χ4v) is 4.71. The van der Waals surface area contributed by atoms with Crippen LogP contribution in [-0.2, 0) is 20.7 Å². The van der Waals surface area contributed by atoms with Crippen molar-refractivity contribution in [3.8, 4) is 0 Å². The zero-order valence-electron chi connectivity index (χ0n) is 17.0. The number of carbonyl (C=O) groups is 4. The molecule has 2 aromatic heterocycles. The molecule has 0 radical (unpaired) electrons. The predicted octanol–water partition coefficient (Wildman–Crippen LogP) is 3.02. The molecule has 162 valence electrons. The zero-order valence-corrected chi connectivity index (χ0v) is 18.7. The standard InChI is InChI=1S/C21H21N3O5S2/c1-3-15-10-17(30-13(15)2)20(27)29-12-18(25)23-7-8-24-19(26)16(31-21(24)28)9-14-5-4-6-22-11-14/h4-6,9-11H,3,7-8,12H2,1-2H3,(H,23,25)/b16-9-. The van der Waals surface area contributed by atoms with Crippen molar-refractivity contribution >= 4 is 52.2 Å². The molecule has 2 aromatic rings. The molecule has 0 unspecified atom stereocenters. The van der Waals surface area contributed by atoms with E-state index < -0.39 is 29.6 Å². The summed E-state index contributed by atoms with van der Waals surface area (Å²) in [5.41, 5.74) is 1.80. The number of aryl methyl sites for hydroxylation is 2. The first-order valence-electron chi connectivity index (χ1n) is 9.57. The molecule has 1 aliphatic rings. The van der Waals surface area contributed by atoms with Crippen molar-refractivity contribution in [3.05, 3.63) is 56.4 Å². The van der Waals surface area contributed by atoms with Crippen molar-refractivity contribution in [2.75, 3.05) is 19.7 Å². The van der Waals surface area contributed by atoms with Crippen LogP contribution in [0.15, 0.2) is 35.5 Å². The summed E-state index contributed by atoms with van der Waals surface area (Å²) in [5.74, 6) is -1.47. The fraction of sp³-hybridized carbons (Fsp3) is 0.286. The van der Waals surface area contributed by atoms with Crippen molar-refractivity contribution < 1.29 is 23.9 Å². The molecule has 0 spiro atoms. The topological polar surface area (TPSA) is 106 Å². The van der Waals surface area contributed by atoms with Crippen LogP contribution in [-0.4, -0.2) is 52.6 Å². The van der Waals surface area contributed by atoms with E-state index in [4.69, 9.17) is 4.74 Å². The number of thioether (sulfide) groups is 1. The number of nitrogens with one attached hydrogen (secondary N) is 1. The molecule has 10 heteroatoms. The van der Waals surface area contributed by atoms with Gasteiger partial charge in [-0.2, -0.15) is 0 Å². The van der Waals surface area contributed by atoms with Crippen LogP contribution in [0, 0.1) is 6.92 Å². The van der Waals surface area contributed by atoms with Gasteiger partial charge in [0.25, 0.3) is 17.1 Å². The van der Waals surface area contributed by atoms with Gasteiger partial charge >= 0.3 is 5.97 Å². The lowest BCUT2D eigenvalue weighted by Crippen LogP contribution is -2.38. The lowest BCUT2D eigenvalue weighted by Gasteiger charge is -2.13. The Hall–Kier alpha value is -2.98. The average Bonchev–Trinajstić information content (AvgIpc) is 3.27. The van der Waals surface area contributed by atoms with Gasteiger partial charge in [0, 0.05) is 30.4 Å². The van der Waals surface area contributed by atoms with E-state index in [1.54, 1.807) is 36.7 Å². The number of nitrogens with zero attached hydrogens (tertiary/aromatic N) is 2. The average molecular weight is 460 g/mol. The molecule has 1 saturated heterocycles. The number of carbonyl (C=O) groups excluding carboxylic acids is 4. The van der Waals surface area contributed by atoms with E-state index in [9.17, 15) is 19.2 Å². The summed E-state index contributed by atoms with van der Waals surface area (Å²) in [7, 11) is 0. The van der Waals surface area contributed by atoms with Crippen LogP contribution < -0.4 is 5.32 Å². The molecule has 3 rings (SSSR count). The smallest absolute Gasteiger partial charge is 0.348 e. The normalized spacial score (nSPS) is 14.9. The Morgan fingerprint density at radius 2 is 2.13 bits per heavy atom. The summed E-state index contributed by atoms with van der Waals surface area (Å²) >= 11 is 2.18. The molecule has 1 fully saturated rings. The van der Waals surface area contributed by atoms with E-state index in [0.717, 1.165) is 39.1 Å². The molecule has 0 aliphatic carbocycles. The monoisotopic (exact) mass is 459 g/mol. The molecular formula is C21H21N3O5S2. The minimum absolute atomic E-state index is 0.0265. The number of rotatable bonds is 8. The molecular weight excluding hydrogens is 438 g/mol. The minimum Gasteiger partial charge on any atom is -0.451 e. The molecule has 1 N–H and O–H groups in total. The van der Waals surface area contributed by atoms with Crippen LogP contribution in [0.5, 0.6) is 0 Å². The maximum Gasteiger partial charge on any atom is 0.348 e. The van der Waals surface area contributed by atoms with Crippen LogP contribution in [0.2, 0.25) is 0 Å². The van der Waals surface area contributed by atoms with E-state index in [1.165, 1.54) is 11.3 Å². The SMILES string of the molecule is CCc1cc(C(=O)OCC(=O)NCCN2C(=O)S/C(=C\c3cccnc3)C2=O)sc1C. The highest BCUT2D eigenvalue weighted by Gasteiger charge is 2.34. The fourth-order valence-electron chi connectivity index (χ4n) is 2.84. The van der Waals surface area contributed by atoms with Gasteiger partial charge in [0.15, 0.2) is 6.61 Å². The van der Waals surface area contributed by atoms with Crippen molar-refractivity contribution in [1.29, 1.82) is 0 Å². The highest BCUT2D eigenvalue weighted by molar-refractivity contribution is 8.18. The highest BCUT2D eigenvalue weighted by Crippen LogP contribution is 2.31. The number of amides is 3. The number of ether oxygens (including phenoxy) is 1. The first kappa shape index (κ1) is 22.7. The van der Waals surface area contributed by atoms with Crippen molar-refractivity contribution in [3.63, 3.8) is 0 Å². The summed E-state index contributed by atoms with van der Waals surface area (Å²) in [6.07, 6.45) is 5.64. The minimum atomic E-state index is -0.547. The Kier molecular flexibility index (Phi) is 7.59. The Morgan fingerprint density at radius 1 is 1.32 bits per heavy atom. The second-order valence-electron chi connectivity index (χ2n) is 6.59. The van der Waals surface area contributed by atoms with Gasteiger partial charge in [-0.05, 0) is 54.4 Å². The first-order valence-corrected chi connectivity index (χ1v) is 11.2. The lowest BCUT2D eigenvalue weighted by molar-refractivity contribution is -0.125. The highest BCUT2D eigenvalue weighted by atomic mass is 32.2. The number of hydrogen-bond donors (Lipinski definition) is 1. The third-order valence-electron chi connectivity index (χ3n) is 4.45. The molecule has 0 aromatic carbocycles. The van der Waals surface area contributed by atoms with Gasteiger partial charge in [-0.1, -0.05) is 13.0 Å². The first-order chi connectivity index (χ1) is 14.9. The van der Waals surface area contributed by atoms with E-state index in [2.05, 4.69) is 10.3 Å².